The summed E-state index contributed by atoms with van der Waals surface area (Å²) in [7, 11) is -4.39. The molecular weight excluding hydrogens is 1050 g/mol. The van der Waals surface area contributed by atoms with Gasteiger partial charge in [-0.1, -0.05) is 336 Å². The van der Waals surface area contributed by atoms with Gasteiger partial charge >= 0.3 is 19.8 Å². The van der Waals surface area contributed by atoms with Crippen LogP contribution >= 0.6 is 7.82 Å². The number of hydrogen-bond donors (Lipinski definition) is 2. The number of unbranched alkanes of at least 4 members (excludes halogenated alkanes) is 39. The van der Waals surface area contributed by atoms with Gasteiger partial charge in [-0.15, -0.1) is 0 Å². The van der Waals surface area contributed by atoms with Crippen molar-refractivity contribution >= 4 is 19.8 Å². The summed E-state index contributed by atoms with van der Waals surface area (Å²) in [5.74, 6) is -0.813. The highest BCUT2D eigenvalue weighted by Gasteiger charge is 2.26. The summed E-state index contributed by atoms with van der Waals surface area (Å²) in [6.07, 6.45) is 91.0. The SMILES string of the molecule is CC/C=C\C/C=C\C/C=C\C/C=C\C/C=C\C/C=C\C/C=C\CCCCCCCCCCCCCCCCCC(=O)OC(COC(=O)CCCCCCCCCCCCCCCCCCCCCCCCCCC)COP(=O)(O)OCCN. The van der Waals surface area contributed by atoms with E-state index in [1.807, 2.05) is 0 Å². The first-order chi connectivity index (χ1) is 40.8. The molecule has 83 heavy (non-hydrogen) atoms. The van der Waals surface area contributed by atoms with Crippen LogP contribution in [0, 0.1) is 0 Å². The lowest BCUT2D eigenvalue weighted by Gasteiger charge is -2.19. The first-order valence-electron chi connectivity index (χ1n) is 35.1. The van der Waals surface area contributed by atoms with E-state index < -0.39 is 26.5 Å². The monoisotopic (exact) mass is 1180 g/mol. The summed E-state index contributed by atoms with van der Waals surface area (Å²) in [4.78, 5) is 35.4. The van der Waals surface area contributed by atoms with Gasteiger partial charge in [-0.2, -0.15) is 0 Å². The van der Waals surface area contributed by atoms with E-state index >= 15 is 0 Å². The van der Waals surface area contributed by atoms with Crippen molar-refractivity contribution in [2.75, 3.05) is 26.4 Å². The lowest BCUT2D eigenvalue weighted by molar-refractivity contribution is -0.161. The fraction of sp³-hybridized carbons (Fsp3) is 0.781. The van der Waals surface area contributed by atoms with Crippen molar-refractivity contribution in [2.45, 2.75) is 341 Å². The molecule has 0 aliphatic heterocycles. The predicted octanol–water partition coefficient (Wildman–Crippen LogP) is 23.0. The van der Waals surface area contributed by atoms with E-state index in [0.29, 0.717) is 6.42 Å². The van der Waals surface area contributed by atoms with E-state index in [9.17, 15) is 19.0 Å². The number of phosphoric ester groups is 1. The van der Waals surface area contributed by atoms with E-state index in [1.165, 1.54) is 218 Å². The van der Waals surface area contributed by atoms with Gasteiger partial charge in [-0.3, -0.25) is 18.6 Å². The highest BCUT2D eigenvalue weighted by molar-refractivity contribution is 7.47. The van der Waals surface area contributed by atoms with Crippen molar-refractivity contribution < 1.29 is 37.6 Å². The molecule has 0 aliphatic rings. The third kappa shape index (κ3) is 68.2. The molecule has 0 aromatic carbocycles. The summed E-state index contributed by atoms with van der Waals surface area (Å²) >= 11 is 0. The molecule has 0 aromatic heterocycles. The molecule has 0 spiro atoms. The van der Waals surface area contributed by atoms with Crippen LogP contribution in [0.1, 0.15) is 335 Å². The van der Waals surface area contributed by atoms with Gasteiger partial charge in [0.1, 0.15) is 6.61 Å². The minimum absolute atomic E-state index is 0.0532. The molecule has 10 heteroatoms. The number of carbonyl (C=O) groups excluding carboxylic acids is 2. The molecular formula is C73H132NO8P. The Morgan fingerprint density at radius 2 is 0.663 bits per heavy atom. The molecule has 0 fully saturated rings. The van der Waals surface area contributed by atoms with E-state index in [4.69, 9.17) is 24.3 Å². The number of nitrogens with two attached hydrogens (primary N) is 1. The van der Waals surface area contributed by atoms with Gasteiger partial charge in [0.05, 0.1) is 13.2 Å². The van der Waals surface area contributed by atoms with Crippen molar-refractivity contribution in [3.63, 3.8) is 0 Å². The highest BCUT2D eigenvalue weighted by atomic mass is 31.2. The minimum Gasteiger partial charge on any atom is -0.462 e. The second kappa shape index (κ2) is 68.3. The topological polar surface area (TPSA) is 134 Å². The second-order valence-electron chi connectivity index (χ2n) is 23.4. The fourth-order valence-corrected chi connectivity index (χ4v) is 10.9. The van der Waals surface area contributed by atoms with Gasteiger partial charge in [0, 0.05) is 19.4 Å². The van der Waals surface area contributed by atoms with Crippen LogP contribution in [0.15, 0.2) is 85.1 Å². The van der Waals surface area contributed by atoms with Crippen molar-refractivity contribution in [2.24, 2.45) is 5.73 Å². The zero-order valence-corrected chi connectivity index (χ0v) is 55.1. The molecule has 2 atom stereocenters. The van der Waals surface area contributed by atoms with Crippen LogP contribution < -0.4 is 5.73 Å². The minimum atomic E-state index is -4.39. The third-order valence-electron chi connectivity index (χ3n) is 15.3. The maximum Gasteiger partial charge on any atom is 0.472 e. The first kappa shape index (κ1) is 80.2. The Morgan fingerprint density at radius 3 is 0.988 bits per heavy atom. The summed E-state index contributed by atoms with van der Waals surface area (Å²) in [5.41, 5.74) is 5.40. The Labute approximate surface area is 513 Å². The van der Waals surface area contributed by atoms with Gasteiger partial charge in [0.15, 0.2) is 6.10 Å². The molecule has 0 saturated carbocycles. The van der Waals surface area contributed by atoms with E-state index in [-0.39, 0.29) is 38.6 Å². The van der Waals surface area contributed by atoms with E-state index in [1.54, 1.807) is 0 Å². The number of rotatable bonds is 66. The number of carbonyl (C=O) groups is 2. The third-order valence-corrected chi connectivity index (χ3v) is 16.3. The van der Waals surface area contributed by atoms with E-state index in [0.717, 1.165) is 83.5 Å². The molecule has 0 rings (SSSR count). The molecule has 3 N–H and O–H groups in total. The average Bonchev–Trinajstić information content (AvgIpc) is 3.49. The average molecular weight is 1180 g/mol. The van der Waals surface area contributed by atoms with Crippen LogP contribution in [0.25, 0.3) is 0 Å². The van der Waals surface area contributed by atoms with E-state index in [2.05, 4.69) is 98.9 Å². The molecule has 0 radical (unpaired) electrons. The van der Waals surface area contributed by atoms with Crippen LogP contribution in [0.5, 0.6) is 0 Å². The second-order valence-corrected chi connectivity index (χ2v) is 24.8. The number of allylic oxidation sites excluding steroid dienone is 14. The Bertz CT molecular complexity index is 1640. The Hall–Kier alpha value is -2.81. The molecule has 0 heterocycles. The summed E-state index contributed by atoms with van der Waals surface area (Å²) < 4.78 is 33.2. The van der Waals surface area contributed by atoms with Crippen LogP contribution in [0.2, 0.25) is 0 Å². The van der Waals surface area contributed by atoms with Crippen LogP contribution in [0.3, 0.4) is 0 Å². The fourth-order valence-electron chi connectivity index (χ4n) is 10.2. The quantitative estimate of drug-likeness (QED) is 0.0264. The standard InChI is InChI=1S/C73H132NO8P/c1-3-5-7-9-11-13-15-17-19-21-23-25-27-29-30-31-32-33-34-35-36-37-38-39-40-42-44-46-48-50-52-54-56-58-60-62-64-66-73(76)82-71(70-81-83(77,78)80-68-67-74)69-79-72(75)65-63-61-59-57-55-53-51-49-47-45-43-41-28-26-24-22-20-18-16-14-12-10-8-6-4-2/h5,7,11,13,17,19,23,25,29-30,32-33,35-36,71H,3-4,6,8-10,12,14-16,18,20-22,24,26-28,31,34,37-70,74H2,1-2H3,(H,77,78)/b7-5-,13-11-,19-17-,25-23-,30-29-,33-32-,36-35-. The van der Waals surface area contributed by atoms with Crippen molar-refractivity contribution in [3.8, 4) is 0 Å². The number of hydrogen-bond acceptors (Lipinski definition) is 8. The molecule has 0 aliphatic carbocycles. The lowest BCUT2D eigenvalue weighted by atomic mass is 10.0. The van der Waals surface area contributed by atoms with Gasteiger partial charge in [0.25, 0.3) is 0 Å². The molecule has 482 valence electrons. The van der Waals surface area contributed by atoms with Gasteiger partial charge < -0.3 is 20.1 Å². The molecule has 0 saturated heterocycles. The maximum atomic E-state index is 12.8. The van der Waals surface area contributed by atoms with Crippen LogP contribution in [-0.4, -0.2) is 49.3 Å². The van der Waals surface area contributed by atoms with Crippen molar-refractivity contribution in [1.82, 2.24) is 0 Å². The van der Waals surface area contributed by atoms with Gasteiger partial charge in [-0.05, 0) is 70.6 Å². The molecule has 0 bridgehead atoms. The molecule has 0 aromatic rings. The predicted molar refractivity (Wildman–Crippen MR) is 358 cm³/mol. The Morgan fingerprint density at radius 1 is 0.373 bits per heavy atom. The highest BCUT2D eigenvalue weighted by Crippen LogP contribution is 2.43. The van der Waals surface area contributed by atoms with Gasteiger partial charge in [0.2, 0.25) is 0 Å². The van der Waals surface area contributed by atoms with Crippen LogP contribution in [0.4, 0.5) is 0 Å². The summed E-state index contributed by atoms with van der Waals surface area (Å²) in [6, 6.07) is 0. The zero-order chi connectivity index (χ0) is 60.1. The van der Waals surface area contributed by atoms with Crippen molar-refractivity contribution in [3.05, 3.63) is 85.1 Å². The molecule has 0 amide bonds. The summed E-state index contributed by atoms with van der Waals surface area (Å²) in [5, 5.41) is 0. The number of ether oxygens (including phenoxy) is 2. The normalized spacial score (nSPS) is 13.4. The largest absolute Gasteiger partial charge is 0.472 e. The lowest BCUT2D eigenvalue weighted by Crippen LogP contribution is -2.29. The zero-order valence-electron chi connectivity index (χ0n) is 54.2. The van der Waals surface area contributed by atoms with Gasteiger partial charge in [-0.25, -0.2) is 4.57 Å². The number of phosphoric acid groups is 1. The molecule has 2 unspecified atom stereocenters. The Balaban J connectivity index is 3.86. The first-order valence-corrected chi connectivity index (χ1v) is 36.6. The maximum absolute atomic E-state index is 12.8. The molecule has 9 nitrogen and oxygen atoms in total. The van der Waals surface area contributed by atoms with Crippen molar-refractivity contribution in [1.29, 1.82) is 0 Å². The number of esters is 2. The Kier molecular flexibility index (Phi) is 66.0. The smallest absolute Gasteiger partial charge is 0.462 e. The summed E-state index contributed by atoms with van der Waals surface area (Å²) in [6.45, 7) is 3.68. The van der Waals surface area contributed by atoms with Crippen LogP contribution in [-0.2, 0) is 32.7 Å².